The summed E-state index contributed by atoms with van der Waals surface area (Å²) in [7, 11) is 0. The molecule has 0 aliphatic carbocycles. The largest absolute Gasteiger partial charge is 0.331 e. The van der Waals surface area contributed by atoms with Gasteiger partial charge in [0, 0.05) is 15.2 Å². The number of hydrogen-bond donors (Lipinski definition) is 3. The average Bonchev–Trinajstić information content (AvgIpc) is 2.48. The summed E-state index contributed by atoms with van der Waals surface area (Å²) < 4.78 is 1.02. The first kappa shape index (κ1) is 15.8. The second kappa shape index (κ2) is 7.45. The molecule has 2 aromatic rings. The van der Waals surface area contributed by atoms with Gasteiger partial charge in [0.2, 0.25) is 0 Å². The van der Waals surface area contributed by atoms with Crippen LogP contribution in [0.25, 0.3) is 5.70 Å². The van der Waals surface area contributed by atoms with Crippen molar-refractivity contribution in [3.8, 4) is 0 Å². The van der Waals surface area contributed by atoms with Gasteiger partial charge in [-0.05, 0) is 54.2 Å². The van der Waals surface area contributed by atoms with Crippen molar-refractivity contribution >= 4 is 56.2 Å². The third-order valence-electron chi connectivity index (χ3n) is 2.62. The zero-order valence-corrected chi connectivity index (χ0v) is 14.1. The second-order valence-corrected chi connectivity index (χ2v) is 5.96. The fraction of sp³-hybridized carbons (Fsp3) is 0. The summed E-state index contributed by atoms with van der Waals surface area (Å²) in [5.74, 6) is 0. The predicted molar refractivity (Wildman–Crippen MR) is 97.1 cm³/mol. The quantitative estimate of drug-likeness (QED) is 0.535. The summed E-state index contributed by atoms with van der Waals surface area (Å²) in [6, 6.07) is 15.1. The van der Waals surface area contributed by atoms with Gasteiger partial charge in [-0.2, -0.15) is 0 Å². The molecule has 2 rings (SSSR count). The van der Waals surface area contributed by atoms with E-state index in [2.05, 4.69) is 38.7 Å². The zero-order valence-electron chi connectivity index (χ0n) is 11.0. The third-order valence-corrected chi connectivity index (χ3v) is 3.61. The highest BCUT2D eigenvalue weighted by molar-refractivity contribution is 9.10. The minimum Gasteiger partial charge on any atom is -0.331 e. The van der Waals surface area contributed by atoms with Gasteiger partial charge in [0.05, 0.1) is 5.70 Å². The number of rotatable bonds is 4. The standard InChI is InChI=1S/C15H13BrClN3S/c1-10(11-2-4-12(16)5-3-11)19-20-15(21)18-14-8-6-13(17)7-9-14/h2-9,19H,1H2,(H2,18,20,21). The first-order chi connectivity index (χ1) is 10.0. The smallest absolute Gasteiger partial charge is 0.189 e. The summed E-state index contributed by atoms with van der Waals surface area (Å²) in [6.07, 6.45) is 0. The first-order valence-electron chi connectivity index (χ1n) is 6.08. The van der Waals surface area contributed by atoms with Crippen LogP contribution in [0, 0.1) is 0 Å². The summed E-state index contributed by atoms with van der Waals surface area (Å²) in [5.41, 5.74) is 8.40. The molecular formula is C15H13BrClN3S. The topological polar surface area (TPSA) is 36.1 Å². The van der Waals surface area contributed by atoms with Crippen molar-refractivity contribution in [2.24, 2.45) is 0 Å². The Labute approximate surface area is 142 Å². The normalized spacial score (nSPS) is 9.81. The molecule has 6 heteroatoms. The van der Waals surface area contributed by atoms with Gasteiger partial charge in [-0.25, -0.2) is 0 Å². The number of nitrogens with one attached hydrogen (secondary N) is 3. The highest BCUT2D eigenvalue weighted by atomic mass is 79.9. The van der Waals surface area contributed by atoms with Crippen LogP contribution in [0.2, 0.25) is 5.02 Å². The van der Waals surface area contributed by atoms with Crippen molar-refractivity contribution in [3.63, 3.8) is 0 Å². The molecule has 0 aliphatic rings. The number of thiocarbonyl (C=S) groups is 1. The van der Waals surface area contributed by atoms with Gasteiger partial charge in [-0.15, -0.1) is 0 Å². The van der Waals surface area contributed by atoms with E-state index in [9.17, 15) is 0 Å². The lowest BCUT2D eigenvalue weighted by molar-refractivity contribution is 0.851. The molecular weight excluding hydrogens is 370 g/mol. The Morgan fingerprint density at radius 3 is 2.24 bits per heavy atom. The highest BCUT2D eigenvalue weighted by Crippen LogP contribution is 2.15. The molecule has 0 heterocycles. The van der Waals surface area contributed by atoms with Gasteiger partial charge in [0.25, 0.3) is 0 Å². The molecule has 0 bridgehead atoms. The Balaban J connectivity index is 1.84. The van der Waals surface area contributed by atoms with Crippen LogP contribution in [-0.2, 0) is 0 Å². The molecule has 0 amide bonds. The van der Waals surface area contributed by atoms with E-state index in [0.29, 0.717) is 10.1 Å². The Morgan fingerprint density at radius 2 is 1.62 bits per heavy atom. The van der Waals surface area contributed by atoms with Gasteiger partial charge in [0.15, 0.2) is 5.11 Å². The van der Waals surface area contributed by atoms with Gasteiger partial charge in [-0.3, -0.25) is 10.9 Å². The fourth-order valence-electron chi connectivity index (χ4n) is 1.55. The minimum atomic E-state index is 0.440. The lowest BCUT2D eigenvalue weighted by Crippen LogP contribution is -2.38. The third kappa shape index (κ3) is 5.04. The van der Waals surface area contributed by atoms with E-state index < -0.39 is 0 Å². The Hall–Kier alpha value is -1.56. The van der Waals surface area contributed by atoms with E-state index in [1.165, 1.54) is 0 Å². The van der Waals surface area contributed by atoms with Crippen molar-refractivity contribution in [2.75, 3.05) is 5.32 Å². The lowest BCUT2D eigenvalue weighted by atomic mass is 10.2. The molecule has 0 saturated carbocycles. The van der Waals surface area contributed by atoms with E-state index >= 15 is 0 Å². The Bertz CT molecular complexity index is 641. The molecule has 0 fully saturated rings. The minimum absolute atomic E-state index is 0.440. The number of benzene rings is 2. The summed E-state index contributed by atoms with van der Waals surface area (Å²) in [6.45, 7) is 3.95. The fourth-order valence-corrected chi connectivity index (χ4v) is 2.11. The van der Waals surface area contributed by atoms with Crippen LogP contribution in [0.4, 0.5) is 5.69 Å². The van der Waals surface area contributed by atoms with Crippen LogP contribution in [0.15, 0.2) is 59.6 Å². The van der Waals surface area contributed by atoms with Crippen LogP contribution in [0.1, 0.15) is 5.56 Å². The van der Waals surface area contributed by atoms with Gasteiger partial charge in [-0.1, -0.05) is 46.2 Å². The van der Waals surface area contributed by atoms with E-state index in [1.807, 2.05) is 36.4 Å². The predicted octanol–water partition coefficient (Wildman–Crippen LogP) is 4.56. The monoisotopic (exact) mass is 381 g/mol. The lowest BCUT2D eigenvalue weighted by Gasteiger charge is -2.14. The van der Waals surface area contributed by atoms with Gasteiger partial charge in [0.1, 0.15) is 0 Å². The Morgan fingerprint density at radius 1 is 1.00 bits per heavy atom. The maximum absolute atomic E-state index is 5.83. The molecule has 21 heavy (non-hydrogen) atoms. The van der Waals surface area contributed by atoms with Crippen LogP contribution in [0.5, 0.6) is 0 Å². The summed E-state index contributed by atoms with van der Waals surface area (Å²) >= 11 is 14.4. The average molecular weight is 383 g/mol. The van der Waals surface area contributed by atoms with E-state index in [0.717, 1.165) is 21.4 Å². The molecule has 0 atom stereocenters. The van der Waals surface area contributed by atoms with E-state index in [4.69, 9.17) is 23.8 Å². The molecule has 0 radical (unpaired) electrons. The van der Waals surface area contributed by atoms with Crippen molar-refractivity contribution < 1.29 is 0 Å². The molecule has 108 valence electrons. The van der Waals surface area contributed by atoms with Crippen LogP contribution in [0.3, 0.4) is 0 Å². The molecule has 0 unspecified atom stereocenters. The Kier molecular flexibility index (Phi) is 5.61. The van der Waals surface area contributed by atoms with Crippen molar-refractivity contribution in [3.05, 3.63) is 70.2 Å². The first-order valence-corrected chi connectivity index (χ1v) is 7.66. The van der Waals surface area contributed by atoms with Gasteiger partial charge < -0.3 is 5.32 Å². The number of anilines is 1. The summed E-state index contributed by atoms with van der Waals surface area (Å²) in [4.78, 5) is 0. The van der Waals surface area contributed by atoms with Gasteiger partial charge >= 0.3 is 0 Å². The van der Waals surface area contributed by atoms with Crippen molar-refractivity contribution in [1.29, 1.82) is 0 Å². The zero-order chi connectivity index (χ0) is 15.2. The van der Waals surface area contributed by atoms with E-state index in [1.54, 1.807) is 12.1 Å². The number of hydrazine groups is 1. The molecule has 0 aromatic heterocycles. The number of halogens is 2. The molecule has 2 aromatic carbocycles. The maximum Gasteiger partial charge on any atom is 0.189 e. The second-order valence-electron chi connectivity index (χ2n) is 4.20. The summed E-state index contributed by atoms with van der Waals surface area (Å²) in [5, 5.41) is 4.16. The molecule has 0 aliphatic heterocycles. The van der Waals surface area contributed by atoms with Crippen molar-refractivity contribution in [2.45, 2.75) is 0 Å². The van der Waals surface area contributed by atoms with Crippen LogP contribution < -0.4 is 16.2 Å². The highest BCUT2D eigenvalue weighted by Gasteiger charge is 2.00. The van der Waals surface area contributed by atoms with Crippen molar-refractivity contribution in [1.82, 2.24) is 10.9 Å². The molecule has 0 spiro atoms. The van der Waals surface area contributed by atoms with E-state index in [-0.39, 0.29) is 0 Å². The maximum atomic E-state index is 5.83. The molecule has 0 saturated heterocycles. The van der Waals surface area contributed by atoms with Crippen LogP contribution >= 0.6 is 39.7 Å². The molecule has 3 nitrogen and oxygen atoms in total. The SMILES string of the molecule is C=C(NNC(=S)Nc1ccc(Cl)cc1)c1ccc(Br)cc1. The number of hydrogen-bond acceptors (Lipinski definition) is 2. The van der Waals surface area contributed by atoms with Crippen LogP contribution in [-0.4, -0.2) is 5.11 Å². The molecule has 3 N–H and O–H groups in total.